The summed E-state index contributed by atoms with van der Waals surface area (Å²) < 4.78 is 0. The second kappa shape index (κ2) is 18.0. The molecule has 10 rings (SSSR count). The van der Waals surface area contributed by atoms with Crippen LogP contribution in [-0.4, -0.2) is 137 Å². The molecule has 0 unspecified atom stereocenters. The third-order valence-electron chi connectivity index (χ3n) is 15.4. The molecule has 4 amide bonds. The first-order valence-corrected chi connectivity index (χ1v) is 24.2. The highest BCUT2D eigenvalue weighted by molar-refractivity contribution is 5.93. The molecule has 4 aliphatic heterocycles. The van der Waals surface area contributed by atoms with E-state index in [1.165, 1.54) is 16.5 Å². The van der Waals surface area contributed by atoms with E-state index in [0.717, 1.165) is 74.0 Å². The quantitative estimate of drug-likeness (QED) is 0.108. The lowest BCUT2D eigenvalue weighted by molar-refractivity contribution is -0.142. The molecule has 17 nitrogen and oxygen atoms in total. The smallest absolute Gasteiger partial charge is 0.318 e. The molecule has 17 heteroatoms. The largest absolute Gasteiger partial charge is 0.508 e. The lowest BCUT2D eigenvalue weighted by atomic mass is 9.60. The lowest BCUT2D eigenvalue weighted by Crippen LogP contribution is -2.70. The number of aromatic amines is 1. The topological polar surface area (TPSA) is 216 Å². The normalized spacial score (nSPS) is 22.1. The number of benzene rings is 2. The zero-order valence-electron chi connectivity index (χ0n) is 39.7. The number of carbonyl (C=O) groups excluding carboxylic acids is 3. The highest BCUT2D eigenvalue weighted by atomic mass is 16.3. The molecule has 5 aliphatic rings. The first-order chi connectivity index (χ1) is 33.1. The number of aliphatic hydroxyl groups is 1. The molecular formula is C52H61N11O6. The number of aliphatic hydroxyl groups excluding tert-OH is 1. The van der Waals surface area contributed by atoms with E-state index in [1.54, 1.807) is 29.2 Å². The number of phenols is 2. The number of likely N-dealkylation sites (tertiary alicyclic amines) is 3. The van der Waals surface area contributed by atoms with Crippen LogP contribution in [0.15, 0.2) is 60.9 Å². The van der Waals surface area contributed by atoms with Crippen LogP contribution in [0.4, 0.5) is 10.7 Å². The summed E-state index contributed by atoms with van der Waals surface area (Å²) in [6.45, 7) is 11.8. The molecule has 2 aromatic carbocycles. The number of β-amino-alcohol motifs (C(OH)–C–C–N with tert-alkyl or cyclic N) is 1. The Labute approximate surface area is 401 Å². The van der Waals surface area contributed by atoms with E-state index in [2.05, 4.69) is 48.5 Å². The number of nitrogens with zero attached hydrogens (tertiary/aromatic N) is 8. The third-order valence-corrected chi connectivity index (χ3v) is 15.4. The zero-order valence-corrected chi connectivity index (χ0v) is 39.7. The number of amides is 4. The van der Waals surface area contributed by atoms with Gasteiger partial charge in [0, 0.05) is 103 Å². The number of piperidine rings is 1. The number of carbonyl (C=O) groups is 3. The fourth-order valence-corrected chi connectivity index (χ4v) is 11.5. The van der Waals surface area contributed by atoms with Crippen molar-refractivity contribution >= 4 is 34.8 Å². The van der Waals surface area contributed by atoms with Crippen molar-refractivity contribution in [3.8, 4) is 35.1 Å². The van der Waals surface area contributed by atoms with Crippen LogP contribution in [0.5, 0.6) is 11.5 Å². The van der Waals surface area contributed by atoms with Crippen LogP contribution >= 0.6 is 0 Å². The predicted octanol–water partition coefficient (Wildman–Crippen LogP) is 4.98. The number of hydrogen-bond donors (Lipinski definition) is 6. The van der Waals surface area contributed by atoms with Gasteiger partial charge < -0.3 is 50.5 Å². The number of hydrogen-bond acceptors (Lipinski definition) is 12. The number of H-pyrrole nitrogens is 1. The summed E-state index contributed by atoms with van der Waals surface area (Å²) >= 11 is 0. The standard InChI is InChI=1S/C52H61N11O6/c1-6-31-11-12-33(43(66)19-31)24-53-47(67)41-20-36(64)27-63(41)48(68)45(51(3,4)5)57-50(69)61-28-52(29-61)22-35(23-52)60-16-13-32(14-17-60)34-25-54-49(55-26-34)62-18-15-39-44(30(62)2)38-21-40(58-59-46(38)56-39)37-9-7-8-10-42(37)65/h1,7-12,19,21,25-26,30,32,35-36,41,45,64-66H,13-18,20,22-24,27-29H2,2-5H3,(H,53,67)(H,56,59)(H,57,69)/t30-,36-,41+,45-/m1/s1. The van der Waals surface area contributed by atoms with Crippen molar-refractivity contribution in [2.24, 2.45) is 10.8 Å². The van der Waals surface area contributed by atoms with Crippen molar-refractivity contribution in [2.75, 3.05) is 44.2 Å². The summed E-state index contributed by atoms with van der Waals surface area (Å²) in [7, 11) is 0. The maximum absolute atomic E-state index is 14.2. The fraction of sp³-hybridized carbons (Fsp3) is 0.481. The Balaban J connectivity index is 0.694. The molecule has 1 spiro atoms. The van der Waals surface area contributed by atoms with Gasteiger partial charge in [0.2, 0.25) is 17.8 Å². The molecule has 4 atom stereocenters. The Morgan fingerprint density at radius 3 is 2.42 bits per heavy atom. The van der Waals surface area contributed by atoms with Crippen LogP contribution < -0.4 is 15.5 Å². The summed E-state index contributed by atoms with van der Waals surface area (Å²) in [5.41, 5.74) is 5.85. The van der Waals surface area contributed by atoms with Crippen LogP contribution in [-0.2, 0) is 22.6 Å². The Morgan fingerprint density at radius 1 is 0.986 bits per heavy atom. The van der Waals surface area contributed by atoms with Crippen molar-refractivity contribution in [3.63, 3.8) is 0 Å². The van der Waals surface area contributed by atoms with Gasteiger partial charge in [0.05, 0.1) is 17.8 Å². The van der Waals surface area contributed by atoms with E-state index in [4.69, 9.17) is 16.4 Å². The molecule has 0 bridgehead atoms. The minimum atomic E-state index is -0.935. The molecule has 7 heterocycles. The van der Waals surface area contributed by atoms with Gasteiger partial charge in [-0.05, 0) is 92.9 Å². The molecule has 4 fully saturated rings. The van der Waals surface area contributed by atoms with Crippen LogP contribution in [0.2, 0.25) is 0 Å². The van der Waals surface area contributed by atoms with Crippen molar-refractivity contribution in [3.05, 3.63) is 88.9 Å². The van der Waals surface area contributed by atoms with Gasteiger partial charge in [-0.15, -0.1) is 16.6 Å². The lowest BCUT2D eigenvalue weighted by Gasteiger charge is -2.61. The average molecular weight is 936 g/mol. The van der Waals surface area contributed by atoms with Crippen molar-refractivity contribution in [1.29, 1.82) is 0 Å². The summed E-state index contributed by atoms with van der Waals surface area (Å²) in [5.74, 6) is 2.80. The number of anilines is 1. The van der Waals surface area contributed by atoms with Gasteiger partial charge in [0.15, 0.2) is 5.65 Å². The van der Waals surface area contributed by atoms with Crippen LogP contribution in [0.1, 0.15) is 99.7 Å². The third kappa shape index (κ3) is 8.80. The second-order valence-electron chi connectivity index (χ2n) is 21.0. The van der Waals surface area contributed by atoms with E-state index in [0.29, 0.717) is 53.4 Å². The van der Waals surface area contributed by atoms with Gasteiger partial charge in [-0.3, -0.25) is 9.59 Å². The molecular weight excluding hydrogens is 875 g/mol. The number of para-hydroxylation sites is 1. The van der Waals surface area contributed by atoms with E-state index in [-0.39, 0.29) is 48.5 Å². The Hall–Kier alpha value is -6.77. The minimum absolute atomic E-state index is 0.00493. The Bertz CT molecular complexity index is 2810. The number of fused-ring (bicyclic) bond motifs is 3. The number of urea groups is 1. The van der Waals surface area contributed by atoms with Crippen molar-refractivity contribution in [2.45, 2.75) is 109 Å². The first-order valence-electron chi connectivity index (χ1n) is 24.2. The molecule has 3 aromatic heterocycles. The number of phenolic OH excluding ortho intramolecular Hbond substituents is 2. The van der Waals surface area contributed by atoms with E-state index in [9.17, 15) is 29.7 Å². The number of nitrogens with one attached hydrogen (secondary N) is 3. The average Bonchev–Trinajstić information content (AvgIpc) is 3.90. The molecule has 360 valence electrons. The Kier molecular flexibility index (Phi) is 12.0. The zero-order chi connectivity index (χ0) is 48.4. The van der Waals surface area contributed by atoms with E-state index < -0.39 is 35.4 Å². The van der Waals surface area contributed by atoms with E-state index >= 15 is 0 Å². The number of rotatable bonds is 9. The summed E-state index contributed by atoms with van der Waals surface area (Å²) in [6.07, 6.45) is 13.5. The minimum Gasteiger partial charge on any atom is -0.508 e. The molecule has 0 radical (unpaired) electrons. The SMILES string of the molecule is C#Cc1ccc(CNC(=O)[C@@H]2C[C@@H](O)CN2C(=O)[C@@H](NC(=O)N2CC3(CC(N4CCC(c5cnc(N6CCc7[nH]c8nnc(-c9ccccc9O)cc8c7[C@H]6C)nc5)CC4)C3)C2)C(C)(C)C)c(O)c1. The van der Waals surface area contributed by atoms with E-state index in [1.807, 2.05) is 51.4 Å². The highest BCUT2D eigenvalue weighted by Crippen LogP contribution is 2.51. The fourth-order valence-electron chi connectivity index (χ4n) is 11.5. The molecule has 1 aliphatic carbocycles. The highest BCUT2D eigenvalue weighted by Gasteiger charge is 2.56. The Morgan fingerprint density at radius 2 is 1.72 bits per heavy atom. The molecule has 5 aromatic rings. The van der Waals surface area contributed by atoms with Gasteiger partial charge in [-0.1, -0.05) is 44.9 Å². The molecule has 69 heavy (non-hydrogen) atoms. The first kappa shape index (κ1) is 46.0. The monoisotopic (exact) mass is 935 g/mol. The van der Waals surface area contributed by atoms with Gasteiger partial charge in [0.1, 0.15) is 23.6 Å². The van der Waals surface area contributed by atoms with Crippen molar-refractivity contribution in [1.82, 2.24) is 50.5 Å². The summed E-state index contributed by atoms with van der Waals surface area (Å²) in [5, 5.41) is 47.1. The second-order valence-corrected chi connectivity index (χ2v) is 21.0. The van der Waals surface area contributed by atoms with Crippen LogP contribution in [0.3, 0.4) is 0 Å². The number of aromatic nitrogens is 5. The molecule has 1 saturated carbocycles. The maximum Gasteiger partial charge on any atom is 0.318 e. The number of aromatic hydroxyl groups is 2. The molecule has 3 saturated heterocycles. The van der Waals surface area contributed by atoms with Gasteiger partial charge in [-0.2, -0.15) is 0 Å². The van der Waals surface area contributed by atoms with Gasteiger partial charge in [0.25, 0.3) is 0 Å². The number of terminal acetylenes is 1. The van der Waals surface area contributed by atoms with Gasteiger partial charge >= 0.3 is 6.03 Å². The molecule has 6 N–H and O–H groups in total. The predicted molar refractivity (Wildman–Crippen MR) is 259 cm³/mol. The summed E-state index contributed by atoms with van der Waals surface area (Å²) in [6, 6.07) is 12.2. The van der Waals surface area contributed by atoms with Crippen molar-refractivity contribution < 1.29 is 29.7 Å². The van der Waals surface area contributed by atoms with Gasteiger partial charge in [-0.25, -0.2) is 14.8 Å². The maximum atomic E-state index is 14.2. The van der Waals surface area contributed by atoms with Crippen LogP contribution in [0, 0.1) is 23.2 Å². The summed E-state index contributed by atoms with van der Waals surface area (Å²) in [4.78, 5) is 62.6. The van der Waals surface area contributed by atoms with Crippen LogP contribution in [0.25, 0.3) is 22.3 Å².